The van der Waals surface area contributed by atoms with E-state index in [4.69, 9.17) is 11.5 Å². The maximum atomic E-state index is 10.8. The second-order valence-corrected chi connectivity index (χ2v) is 2.77. The van der Waals surface area contributed by atoms with Crippen molar-refractivity contribution in [3.63, 3.8) is 0 Å². The highest BCUT2D eigenvalue weighted by Gasteiger charge is 2.04. The molecule has 0 aliphatic heterocycles. The third-order valence-corrected chi connectivity index (χ3v) is 1.89. The second-order valence-electron chi connectivity index (χ2n) is 2.77. The summed E-state index contributed by atoms with van der Waals surface area (Å²) in [4.78, 5) is 12.2. The molecule has 0 spiro atoms. The van der Waals surface area contributed by atoms with E-state index in [2.05, 4.69) is 0 Å². The lowest BCUT2D eigenvalue weighted by molar-refractivity contribution is 0.255. The van der Waals surface area contributed by atoms with Crippen LogP contribution < -0.4 is 16.4 Å². The summed E-state index contributed by atoms with van der Waals surface area (Å²) in [6.45, 7) is 0.501. The Hall–Kier alpha value is -1.55. The molecule has 0 aliphatic rings. The fourth-order valence-corrected chi connectivity index (χ4v) is 0.983. The monoisotopic (exact) mass is 179 g/mol. The molecule has 1 aromatic rings. The van der Waals surface area contributed by atoms with Crippen molar-refractivity contribution in [2.24, 2.45) is 11.5 Å². The van der Waals surface area contributed by atoms with Crippen LogP contribution in [0.4, 0.5) is 10.5 Å². The Labute approximate surface area is 77.1 Å². The van der Waals surface area contributed by atoms with Crippen LogP contribution in [0.2, 0.25) is 0 Å². The Balaban J connectivity index is 2.85. The Bertz CT molecular complexity index is 294. The molecule has 0 aliphatic carbocycles. The standard InChI is InChI=1S/C9H13N3O/c1-12(9(11)13)8-4-2-7(6-10)3-5-8/h2-5H,6,10H2,1H3,(H2,11,13). The third kappa shape index (κ3) is 2.19. The van der Waals surface area contributed by atoms with Crippen LogP contribution in [0.15, 0.2) is 24.3 Å². The van der Waals surface area contributed by atoms with Gasteiger partial charge in [-0.25, -0.2) is 4.79 Å². The minimum atomic E-state index is -0.472. The smallest absolute Gasteiger partial charge is 0.318 e. The number of anilines is 1. The summed E-state index contributed by atoms with van der Waals surface area (Å²) in [7, 11) is 1.62. The highest BCUT2D eigenvalue weighted by atomic mass is 16.2. The minimum absolute atomic E-state index is 0.472. The van der Waals surface area contributed by atoms with E-state index in [9.17, 15) is 4.79 Å². The molecular formula is C9H13N3O. The Morgan fingerprint density at radius 3 is 2.31 bits per heavy atom. The zero-order valence-electron chi connectivity index (χ0n) is 7.53. The van der Waals surface area contributed by atoms with Crippen LogP contribution in [0.25, 0.3) is 0 Å². The summed E-state index contributed by atoms with van der Waals surface area (Å²) in [6.07, 6.45) is 0. The molecule has 0 aromatic heterocycles. The van der Waals surface area contributed by atoms with Crippen LogP contribution in [0.3, 0.4) is 0 Å². The molecule has 0 bridgehead atoms. The van der Waals surface area contributed by atoms with Crippen molar-refractivity contribution in [2.45, 2.75) is 6.54 Å². The number of amides is 2. The van der Waals surface area contributed by atoms with Crippen LogP contribution in [0.5, 0.6) is 0 Å². The number of urea groups is 1. The molecule has 0 saturated heterocycles. The minimum Gasteiger partial charge on any atom is -0.351 e. The predicted octanol–water partition coefficient (Wildman–Crippen LogP) is 0.660. The van der Waals surface area contributed by atoms with Gasteiger partial charge in [0.25, 0.3) is 0 Å². The van der Waals surface area contributed by atoms with E-state index in [0.29, 0.717) is 6.54 Å². The molecule has 1 aromatic carbocycles. The number of benzene rings is 1. The number of carbonyl (C=O) groups is 1. The van der Waals surface area contributed by atoms with Crippen molar-refractivity contribution >= 4 is 11.7 Å². The molecular weight excluding hydrogens is 166 g/mol. The van der Waals surface area contributed by atoms with Crippen LogP contribution in [0, 0.1) is 0 Å². The predicted molar refractivity (Wildman–Crippen MR) is 52.3 cm³/mol. The fourth-order valence-electron chi connectivity index (χ4n) is 0.983. The molecule has 0 fully saturated rings. The van der Waals surface area contributed by atoms with Crippen LogP contribution in [-0.4, -0.2) is 13.1 Å². The number of hydrogen-bond acceptors (Lipinski definition) is 2. The van der Waals surface area contributed by atoms with Gasteiger partial charge >= 0.3 is 6.03 Å². The van der Waals surface area contributed by atoms with Crippen LogP contribution >= 0.6 is 0 Å². The van der Waals surface area contributed by atoms with Gasteiger partial charge in [-0.2, -0.15) is 0 Å². The lowest BCUT2D eigenvalue weighted by Gasteiger charge is -2.14. The topological polar surface area (TPSA) is 72.3 Å². The van der Waals surface area contributed by atoms with E-state index in [1.807, 2.05) is 24.3 Å². The van der Waals surface area contributed by atoms with Gasteiger partial charge in [-0.3, -0.25) is 4.90 Å². The molecule has 0 heterocycles. The first kappa shape index (κ1) is 9.54. The lowest BCUT2D eigenvalue weighted by atomic mass is 10.2. The number of carbonyl (C=O) groups excluding carboxylic acids is 1. The zero-order chi connectivity index (χ0) is 9.84. The molecule has 2 amide bonds. The van der Waals surface area contributed by atoms with E-state index >= 15 is 0 Å². The van der Waals surface area contributed by atoms with Gasteiger partial charge in [-0.1, -0.05) is 12.1 Å². The molecule has 0 atom stereocenters. The van der Waals surface area contributed by atoms with Gasteiger partial charge in [0.1, 0.15) is 0 Å². The summed E-state index contributed by atoms with van der Waals surface area (Å²) in [6, 6.07) is 6.89. The first-order valence-corrected chi connectivity index (χ1v) is 3.97. The molecule has 4 nitrogen and oxygen atoms in total. The average molecular weight is 179 g/mol. The first-order chi connectivity index (χ1) is 6.15. The Morgan fingerprint density at radius 1 is 1.38 bits per heavy atom. The first-order valence-electron chi connectivity index (χ1n) is 3.97. The van der Waals surface area contributed by atoms with E-state index in [1.165, 1.54) is 4.90 Å². The van der Waals surface area contributed by atoms with Crippen molar-refractivity contribution in [1.82, 2.24) is 0 Å². The summed E-state index contributed by atoms with van der Waals surface area (Å²) >= 11 is 0. The van der Waals surface area contributed by atoms with Crippen molar-refractivity contribution in [2.75, 3.05) is 11.9 Å². The molecule has 4 heteroatoms. The van der Waals surface area contributed by atoms with Gasteiger partial charge in [-0.05, 0) is 17.7 Å². The quantitative estimate of drug-likeness (QED) is 0.700. The van der Waals surface area contributed by atoms with Crippen molar-refractivity contribution in [1.29, 1.82) is 0 Å². The maximum Gasteiger partial charge on any atom is 0.318 e. The van der Waals surface area contributed by atoms with E-state index in [0.717, 1.165) is 11.3 Å². The van der Waals surface area contributed by atoms with Crippen molar-refractivity contribution in [3.8, 4) is 0 Å². The highest BCUT2D eigenvalue weighted by molar-refractivity contribution is 5.89. The van der Waals surface area contributed by atoms with E-state index in [-0.39, 0.29) is 0 Å². The Kier molecular flexibility index (Phi) is 2.87. The average Bonchev–Trinajstić information content (AvgIpc) is 2.17. The van der Waals surface area contributed by atoms with Gasteiger partial charge < -0.3 is 11.5 Å². The number of nitrogens with zero attached hydrogens (tertiary/aromatic N) is 1. The molecule has 0 radical (unpaired) electrons. The van der Waals surface area contributed by atoms with E-state index in [1.54, 1.807) is 7.05 Å². The fraction of sp³-hybridized carbons (Fsp3) is 0.222. The lowest BCUT2D eigenvalue weighted by Crippen LogP contribution is -2.31. The molecule has 1 rings (SSSR count). The van der Waals surface area contributed by atoms with E-state index < -0.39 is 6.03 Å². The number of rotatable bonds is 2. The Morgan fingerprint density at radius 2 is 1.92 bits per heavy atom. The largest absolute Gasteiger partial charge is 0.351 e. The summed E-state index contributed by atoms with van der Waals surface area (Å²) in [5, 5.41) is 0. The van der Waals surface area contributed by atoms with Gasteiger partial charge in [-0.15, -0.1) is 0 Å². The highest BCUT2D eigenvalue weighted by Crippen LogP contribution is 2.12. The zero-order valence-corrected chi connectivity index (χ0v) is 7.53. The van der Waals surface area contributed by atoms with Crippen molar-refractivity contribution in [3.05, 3.63) is 29.8 Å². The molecule has 0 saturated carbocycles. The number of primary amides is 1. The molecule has 0 unspecified atom stereocenters. The molecule has 4 N–H and O–H groups in total. The normalized spacial score (nSPS) is 9.69. The number of hydrogen-bond donors (Lipinski definition) is 2. The summed E-state index contributed by atoms with van der Waals surface area (Å²) in [5.74, 6) is 0. The van der Waals surface area contributed by atoms with Gasteiger partial charge in [0.05, 0.1) is 0 Å². The van der Waals surface area contributed by atoms with Gasteiger partial charge in [0.2, 0.25) is 0 Å². The maximum absolute atomic E-state index is 10.8. The van der Waals surface area contributed by atoms with Crippen LogP contribution in [-0.2, 0) is 6.54 Å². The molecule has 13 heavy (non-hydrogen) atoms. The summed E-state index contributed by atoms with van der Waals surface area (Å²) < 4.78 is 0. The number of nitrogens with two attached hydrogens (primary N) is 2. The molecule has 70 valence electrons. The second kappa shape index (κ2) is 3.91. The third-order valence-electron chi connectivity index (χ3n) is 1.89. The van der Waals surface area contributed by atoms with Gasteiger partial charge in [0, 0.05) is 19.3 Å². The summed E-state index contributed by atoms with van der Waals surface area (Å²) in [5.41, 5.74) is 12.3. The van der Waals surface area contributed by atoms with Crippen molar-refractivity contribution < 1.29 is 4.79 Å². The van der Waals surface area contributed by atoms with Crippen LogP contribution in [0.1, 0.15) is 5.56 Å². The SMILES string of the molecule is CN(C(N)=O)c1ccc(CN)cc1. The van der Waals surface area contributed by atoms with Gasteiger partial charge in [0.15, 0.2) is 0 Å².